The number of aromatic nitrogens is 2. The van der Waals surface area contributed by atoms with E-state index in [0.29, 0.717) is 19.4 Å². The van der Waals surface area contributed by atoms with Crippen molar-refractivity contribution in [2.75, 3.05) is 36.1 Å². The normalized spacial score (nSPS) is 25.1. The van der Waals surface area contributed by atoms with E-state index in [1.54, 1.807) is 6.92 Å². The van der Waals surface area contributed by atoms with Crippen molar-refractivity contribution < 1.29 is 27.1 Å². The molecule has 0 radical (unpaired) electrons. The van der Waals surface area contributed by atoms with Gasteiger partial charge in [0.15, 0.2) is 11.6 Å². The van der Waals surface area contributed by atoms with Gasteiger partial charge in [0.2, 0.25) is 11.8 Å². The van der Waals surface area contributed by atoms with E-state index < -0.39 is 36.6 Å². The van der Waals surface area contributed by atoms with Crippen molar-refractivity contribution in [2.24, 2.45) is 5.92 Å². The van der Waals surface area contributed by atoms with Crippen LogP contribution in [-0.2, 0) is 16.1 Å². The highest BCUT2D eigenvalue weighted by Gasteiger charge is 2.48. The van der Waals surface area contributed by atoms with E-state index in [1.165, 1.54) is 4.90 Å². The van der Waals surface area contributed by atoms with Crippen LogP contribution in [0.5, 0.6) is 0 Å². The smallest absolute Gasteiger partial charge is 0.377 e. The van der Waals surface area contributed by atoms with Gasteiger partial charge in [-0.3, -0.25) is 14.2 Å². The van der Waals surface area contributed by atoms with Gasteiger partial charge in [-0.1, -0.05) is 0 Å². The Balaban J connectivity index is 1.79. The first-order chi connectivity index (χ1) is 13.7. The summed E-state index contributed by atoms with van der Waals surface area (Å²) in [6, 6.07) is -2.24. The number of carbonyl (C=O) groups is 1. The van der Waals surface area contributed by atoms with Crippen LogP contribution in [0.15, 0.2) is 4.79 Å². The number of carbonyl (C=O) groups excluding carboxylic acids is 1. The van der Waals surface area contributed by atoms with Gasteiger partial charge in [-0.25, -0.2) is 0 Å². The highest BCUT2D eigenvalue weighted by Crippen LogP contribution is 2.37. The van der Waals surface area contributed by atoms with Gasteiger partial charge in [0.25, 0.3) is 5.56 Å². The predicted octanol–water partition coefficient (Wildman–Crippen LogP) is 1.73. The first kappa shape index (κ1) is 20.1. The van der Waals surface area contributed by atoms with Crippen molar-refractivity contribution in [3.8, 4) is 0 Å². The van der Waals surface area contributed by atoms with Crippen molar-refractivity contribution in [3.05, 3.63) is 16.2 Å². The van der Waals surface area contributed by atoms with Gasteiger partial charge in [0, 0.05) is 19.0 Å². The third-order valence-electron chi connectivity index (χ3n) is 5.71. The number of nitrogens with zero attached hydrogens (tertiary/aromatic N) is 4. The van der Waals surface area contributed by atoms with Gasteiger partial charge in [-0.05, 0) is 26.2 Å². The molecule has 2 fully saturated rings. The molecule has 4 rings (SSSR count). The topological polar surface area (TPSA) is 67.7 Å². The second kappa shape index (κ2) is 7.26. The second-order valence-electron chi connectivity index (χ2n) is 7.84. The molecule has 3 heterocycles. The molecule has 2 atom stereocenters. The molecule has 0 bridgehead atoms. The summed E-state index contributed by atoms with van der Waals surface area (Å²) < 4.78 is 62.1. The number of Topliss-reactive ketones (excluding diaryl/α,β-unsaturated/α-hetero) is 1. The molecule has 1 aliphatic carbocycles. The van der Waals surface area contributed by atoms with E-state index in [2.05, 4.69) is 4.98 Å². The van der Waals surface area contributed by atoms with Crippen LogP contribution in [0.25, 0.3) is 0 Å². The summed E-state index contributed by atoms with van der Waals surface area (Å²) in [4.78, 5) is 31.5. The first-order valence-corrected chi connectivity index (χ1v) is 9.69. The minimum absolute atomic E-state index is 0.245. The zero-order chi connectivity index (χ0) is 20.9. The molecule has 2 unspecified atom stereocenters. The standard InChI is InChI=1S/C18H22F4N4O3/c1-10-9-29-7-6-24(10)15-14(19)16(28)25-5-4-13(18(20,21)22)26(17(25)23-15)8-12(27)11-2-3-11/h10-11,13H,2-9H2,1H3. The SMILES string of the molecule is CC1COCCN1c1nc2n(c(=O)c1F)CCC(C(F)(F)F)N2CC(=O)C1CC1. The minimum atomic E-state index is -4.60. The number of rotatable bonds is 4. The van der Waals surface area contributed by atoms with Crippen molar-refractivity contribution in [3.63, 3.8) is 0 Å². The molecule has 11 heteroatoms. The molecule has 0 aromatic carbocycles. The Labute approximate surface area is 164 Å². The zero-order valence-corrected chi connectivity index (χ0v) is 15.9. The van der Waals surface area contributed by atoms with Crippen LogP contribution in [0.4, 0.5) is 29.3 Å². The maximum Gasteiger partial charge on any atom is 0.408 e. The Morgan fingerprint density at radius 2 is 1.97 bits per heavy atom. The lowest BCUT2D eigenvalue weighted by Gasteiger charge is -2.40. The highest BCUT2D eigenvalue weighted by atomic mass is 19.4. The lowest BCUT2D eigenvalue weighted by Crippen LogP contribution is -2.55. The molecule has 0 amide bonds. The van der Waals surface area contributed by atoms with Gasteiger partial charge in [-0.2, -0.15) is 22.5 Å². The van der Waals surface area contributed by atoms with Gasteiger partial charge in [0.05, 0.1) is 25.8 Å². The Kier molecular flexibility index (Phi) is 5.04. The maximum absolute atomic E-state index is 14.8. The number of alkyl halides is 3. The summed E-state index contributed by atoms with van der Waals surface area (Å²) in [7, 11) is 0. The van der Waals surface area contributed by atoms with Crippen LogP contribution in [0.2, 0.25) is 0 Å². The third kappa shape index (κ3) is 3.72. The summed E-state index contributed by atoms with van der Waals surface area (Å²) in [5.74, 6) is -2.24. The molecular formula is C18H22F4N4O3. The Morgan fingerprint density at radius 1 is 1.24 bits per heavy atom. The number of anilines is 2. The molecule has 2 aliphatic heterocycles. The zero-order valence-electron chi connectivity index (χ0n) is 15.9. The van der Waals surface area contributed by atoms with Crippen LogP contribution in [0.1, 0.15) is 26.2 Å². The number of hydrogen-bond acceptors (Lipinski definition) is 6. The quantitative estimate of drug-likeness (QED) is 0.694. The van der Waals surface area contributed by atoms with Crippen molar-refractivity contribution in [2.45, 2.75) is 51.0 Å². The number of fused-ring (bicyclic) bond motifs is 1. The van der Waals surface area contributed by atoms with Gasteiger partial charge in [-0.15, -0.1) is 0 Å². The van der Waals surface area contributed by atoms with E-state index in [4.69, 9.17) is 4.74 Å². The van der Waals surface area contributed by atoms with E-state index >= 15 is 0 Å². The molecule has 0 spiro atoms. The number of ether oxygens (including phenoxy) is 1. The number of hydrogen-bond donors (Lipinski definition) is 0. The van der Waals surface area contributed by atoms with Crippen LogP contribution in [0, 0.1) is 11.7 Å². The molecule has 7 nitrogen and oxygen atoms in total. The van der Waals surface area contributed by atoms with Crippen LogP contribution in [-0.4, -0.2) is 59.9 Å². The summed E-state index contributed by atoms with van der Waals surface area (Å²) in [5, 5.41) is 0. The molecule has 1 saturated carbocycles. The molecule has 29 heavy (non-hydrogen) atoms. The molecule has 1 saturated heterocycles. The van der Waals surface area contributed by atoms with E-state index in [-0.39, 0.29) is 49.2 Å². The summed E-state index contributed by atoms with van der Waals surface area (Å²) in [6.07, 6.45) is -3.73. The highest BCUT2D eigenvalue weighted by molar-refractivity contribution is 5.87. The molecule has 1 aromatic heterocycles. The fourth-order valence-corrected chi connectivity index (χ4v) is 3.93. The largest absolute Gasteiger partial charge is 0.408 e. The monoisotopic (exact) mass is 418 g/mol. The predicted molar refractivity (Wildman–Crippen MR) is 95.6 cm³/mol. The van der Waals surface area contributed by atoms with Crippen LogP contribution in [0.3, 0.4) is 0 Å². The van der Waals surface area contributed by atoms with E-state index in [1.807, 2.05) is 0 Å². The van der Waals surface area contributed by atoms with Crippen LogP contribution < -0.4 is 15.4 Å². The number of halogens is 4. The lowest BCUT2D eigenvalue weighted by molar-refractivity contribution is -0.153. The van der Waals surface area contributed by atoms with Gasteiger partial charge >= 0.3 is 6.18 Å². The third-order valence-corrected chi connectivity index (χ3v) is 5.71. The molecular weight excluding hydrogens is 396 g/mol. The lowest BCUT2D eigenvalue weighted by atomic mass is 10.1. The van der Waals surface area contributed by atoms with E-state index in [9.17, 15) is 27.2 Å². The number of ketones is 1. The second-order valence-corrected chi connectivity index (χ2v) is 7.84. The fourth-order valence-electron chi connectivity index (χ4n) is 3.93. The molecule has 0 N–H and O–H groups in total. The van der Waals surface area contributed by atoms with Crippen molar-refractivity contribution >= 4 is 17.5 Å². The first-order valence-electron chi connectivity index (χ1n) is 9.69. The van der Waals surface area contributed by atoms with Gasteiger partial charge in [0.1, 0.15) is 6.04 Å². The molecule has 160 valence electrons. The Morgan fingerprint density at radius 3 is 2.59 bits per heavy atom. The number of morpholine rings is 1. The minimum Gasteiger partial charge on any atom is -0.377 e. The average Bonchev–Trinajstić information content (AvgIpc) is 3.50. The average molecular weight is 418 g/mol. The fraction of sp³-hybridized carbons (Fsp3) is 0.722. The maximum atomic E-state index is 14.8. The Hall–Kier alpha value is -2.17. The van der Waals surface area contributed by atoms with Gasteiger partial charge < -0.3 is 14.5 Å². The van der Waals surface area contributed by atoms with Crippen LogP contribution >= 0.6 is 0 Å². The molecule has 3 aliphatic rings. The Bertz CT molecular complexity index is 868. The summed E-state index contributed by atoms with van der Waals surface area (Å²) >= 11 is 0. The van der Waals surface area contributed by atoms with Crippen molar-refractivity contribution in [1.82, 2.24) is 9.55 Å². The van der Waals surface area contributed by atoms with E-state index in [0.717, 1.165) is 9.47 Å². The summed E-state index contributed by atoms with van der Waals surface area (Å²) in [5.41, 5.74) is -1.02. The van der Waals surface area contributed by atoms with Crippen molar-refractivity contribution in [1.29, 1.82) is 0 Å². The molecule has 1 aromatic rings. The summed E-state index contributed by atoms with van der Waals surface area (Å²) in [6.45, 7) is 1.79.